The SMILES string of the molecule is CCCCN(CCCC)CCSC1=Nc2ccc(Cl)cc2C(c2ccccc2Cl)=NC1. The molecule has 2 aromatic rings. The first-order valence-electron chi connectivity index (χ1n) is 11.1. The maximum Gasteiger partial charge on any atom is 0.0954 e. The Hall–Kier alpha value is -1.33. The fourth-order valence-electron chi connectivity index (χ4n) is 3.55. The van der Waals surface area contributed by atoms with Crippen molar-refractivity contribution in [3.63, 3.8) is 0 Å². The number of nitrogens with zero attached hydrogens (tertiary/aromatic N) is 3. The van der Waals surface area contributed by atoms with Crippen LogP contribution in [0.4, 0.5) is 5.69 Å². The molecule has 0 saturated heterocycles. The average Bonchev–Trinajstić information content (AvgIpc) is 2.94. The van der Waals surface area contributed by atoms with E-state index in [0.29, 0.717) is 16.6 Å². The van der Waals surface area contributed by atoms with E-state index in [9.17, 15) is 0 Å². The molecule has 2 aromatic carbocycles. The lowest BCUT2D eigenvalue weighted by Crippen LogP contribution is -2.28. The molecule has 31 heavy (non-hydrogen) atoms. The summed E-state index contributed by atoms with van der Waals surface area (Å²) < 4.78 is 0. The Kier molecular flexibility index (Phi) is 9.92. The highest BCUT2D eigenvalue weighted by atomic mass is 35.5. The Balaban J connectivity index is 1.76. The molecule has 0 N–H and O–H groups in total. The molecule has 0 aliphatic carbocycles. The van der Waals surface area contributed by atoms with Crippen LogP contribution in [-0.4, -0.2) is 47.6 Å². The van der Waals surface area contributed by atoms with Crippen molar-refractivity contribution >= 4 is 51.4 Å². The molecule has 0 unspecified atom stereocenters. The molecular weight excluding hydrogens is 445 g/mol. The van der Waals surface area contributed by atoms with Crippen molar-refractivity contribution in [1.29, 1.82) is 0 Å². The number of fused-ring (bicyclic) bond motifs is 1. The van der Waals surface area contributed by atoms with Crippen molar-refractivity contribution in [3.8, 4) is 0 Å². The third-order valence-corrected chi connectivity index (χ3v) is 6.80. The van der Waals surface area contributed by atoms with Crippen molar-refractivity contribution in [1.82, 2.24) is 4.90 Å². The van der Waals surface area contributed by atoms with Crippen LogP contribution >= 0.6 is 35.0 Å². The van der Waals surface area contributed by atoms with Crippen LogP contribution in [-0.2, 0) is 0 Å². The van der Waals surface area contributed by atoms with Gasteiger partial charge in [-0.3, -0.25) is 4.99 Å². The second kappa shape index (κ2) is 12.6. The number of hydrogen-bond acceptors (Lipinski definition) is 4. The monoisotopic (exact) mass is 475 g/mol. The van der Waals surface area contributed by atoms with Crippen LogP contribution in [0.5, 0.6) is 0 Å². The Bertz CT molecular complexity index is 919. The molecule has 166 valence electrons. The Morgan fingerprint density at radius 2 is 1.68 bits per heavy atom. The molecule has 3 rings (SSSR count). The first kappa shape index (κ1) is 24.3. The van der Waals surface area contributed by atoms with Crippen LogP contribution in [0.1, 0.15) is 50.7 Å². The molecule has 3 nitrogen and oxygen atoms in total. The van der Waals surface area contributed by atoms with Crippen LogP contribution in [0.3, 0.4) is 0 Å². The van der Waals surface area contributed by atoms with E-state index >= 15 is 0 Å². The van der Waals surface area contributed by atoms with Crippen LogP contribution in [0, 0.1) is 0 Å². The van der Waals surface area contributed by atoms with Gasteiger partial charge in [0.15, 0.2) is 0 Å². The van der Waals surface area contributed by atoms with Crippen molar-refractivity contribution < 1.29 is 0 Å². The van der Waals surface area contributed by atoms with Crippen LogP contribution in [0.2, 0.25) is 10.0 Å². The quantitative estimate of drug-likeness (QED) is 0.355. The second-order valence-corrected chi connectivity index (χ2v) is 9.72. The first-order valence-corrected chi connectivity index (χ1v) is 12.9. The number of halogens is 2. The number of rotatable bonds is 10. The second-order valence-electron chi connectivity index (χ2n) is 7.71. The van der Waals surface area contributed by atoms with Gasteiger partial charge in [-0.15, -0.1) is 11.8 Å². The zero-order valence-electron chi connectivity index (χ0n) is 18.4. The summed E-state index contributed by atoms with van der Waals surface area (Å²) in [4.78, 5) is 12.5. The normalized spacial score (nSPS) is 13.6. The van der Waals surface area contributed by atoms with Gasteiger partial charge in [-0.05, 0) is 50.2 Å². The summed E-state index contributed by atoms with van der Waals surface area (Å²) in [6.07, 6.45) is 4.99. The molecule has 0 radical (unpaired) electrons. The molecule has 0 amide bonds. The molecule has 1 aliphatic rings. The van der Waals surface area contributed by atoms with Gasteiger partial charge >= 0.3 is 0 Å². The predicted molar refractivity (Wildman–Crippen MR) is 139 cm³/mol. The molecule has 0 bridgehead atoms. The molecule has 6 heteroatoms. The molecular formula is C25H31Cl2N3S. The van der Waals surface area contributed by atoms with Gasteiger partial charge in [-0.2, -0.15) is 0 Å². The Morgan fingerprint density at radius 1 is 0.935 bits per heavy atom. The number of thioether (sulfide) groups is 1. The fourth-order valence-corrected chi connectivity index (χ4v) is 4.85. The first-order chi connectivity index (χ1) is 15.1. The predicted octanol–water partition coefficient (Wildman–Crippen LogP) is 7.51. The van der Waals surface area contributed by atoms with Gasteiger partial charge in [0.05, 0.1) is 23.0 Å². The summed E-state index contributed by atoms with van der Waals surface area (Å²) in [6.45, 7) is 8.51. The largest absolute Gasteiger partial charge is 0.303 e. The smallest absolute Gasteiger partial charge is 0.0954 e. The topological polar surface area (TPSA) is 28.0 Å². The van der Waals surface area contributed by atoms with E-state index < -0.39 is 0 Å². The summed E-state index contributed by atoms with van der Waals surface area (Å²) in [7, 11) is 0. The number of unbranched alkanes of at least 4 members (excludes halogenated alkanes) is 2. The fraction of sp³-hybridized carbons (Fsp3) is 0.440. The maximum atomic E-state index is 6.49. The average molecular weight is 477 g/mol. The Morgan fingerprint density at radius 3 is 2.39 bits per heavy atom. The lowest BCUT2D eigenvalue weighted by Gasteiger charge is -2.21. The van der Waals surface area contributed by atoms with Gasteiger partial charge in [0.2, 0.25) is 0 Å². The van der Waals surface area contributed by atoms with Crippen LogP contribution in [0.15, 0.2) is 52.4 Å². The third-order valence-electron chi connectivity index (χ3n) is 5.29. The molecule has 0 saturated carbocycles. The number of hydrogen-bond donors (Lipinski definition) is 0. The minimum atomic E-state index is 0.557. The molecule has 0 aromatic heterocycles. The van der Waals surface area contributed by atoms with E-state index in [1.807, 2.05) is 54.2 Å². The molecule has 0 fully saturated rings. The number of aliphatic imine (C=N–C) groups is 2. The van der Waals surface area contributed by atoms with E-state index in [4.69, 9.17) is 33.2 Å². The van der Waals surface area contributed by atoms with Gasteiger partial charge in [0.25, 0.3) is 0 Å². The van der Waals surface area contributed by atoms with Crippen molar-refractivity contribution in [3.05, 3.63) is 63.6 Å². The minimum absolute atomic E-state index is 0.557. The summed E-state index contributed by atoms with van der Waals surface area (Å²) in [5, 5.41) is 2.40. The van der Waals surface area contributed by atoms with E-state index in [1.54, 1.807) is 0 Å². The summed E-state index contributed by atoms with van der Waals surface area (Å²) in [5.74, 6) is 1.02. The van der Waals surface area contributed by atoms with Crippen LogP contribution < -0.4 is 0 Å². The lowest BCUT2D eigenvalue weighted by molar-refractivity contribution is 0.281. The van der Waals surface area contributed by atoms with E-state index in [2.05, 4.69) is 18.7 Å². The highest BCUT2D eigenvalue weighted by molar-refractivity contribution is 8.14. The van der Waals surface area contributed by atoms with Crippen molar-refractivity contribution in [2.24, 2.45) is 9.98 Å². The standard InChI is InChI=1S/C25H31Cl2N3S/c1-3-5-13-30(14-6-4-2)15-16-31-24-18-28-25(20-9-7-8-10-22(20)27)21-17-19(26)11-12-23(21)29-24/h7-12,17H,3-6,13-16,18H2,1-2H3. The van der Waals surface area contributed by atoms with Crippen molar-refractivity contribution in [2.75, 3.05) is 31.9 Å². The lowest BCUT2D eigenvalue weighted by atomic mass is 10.0. The zero-order valence-corrected chi connectivity index (χ0v) is 20.7. The van der Waals surface area contributed by atoms with Gasteiger partial charge in [-0.1, -0.05) is 68.1 Å². The highest BCUT2D eigenvalue weighted by Gasteiger charge is 2.19. The molecule has 0 spiro atoms. The van der Waals surface area contributed by atoms with Crippen LogP contribution in [0.25, 0.3) is 0 Å². The third kappa shape index (κ3) is 7.08. The highest BCUT2D eigenvalue weighted by Crippen LogP contribution is 2.31. The molecule has 1 aliphatic heterocycles. The summed E-state index contributed by atoms with van der Waals surface area (Å²) in [6, 6.07) is 13.6. The van der Waals surface area contributed by atoms with Gasteiger partial charge in [0, 0.05) is 33.5 Å². The van der Waals surface area contributed by atoms with Crippen molar-refractivity contribution in [2.45, 2.75) is 39.5 Å². The van der Waals surface area contributed by atoms with E-state index in [1.165, 1.54) is 38.8 Å². The zero-order chi connectivity index (χ0) is 22.1. The van der Waals surface area contributed by atoms with Gasteiger partial charge < -0.3 is 4.90 Å². The summed E-state index contributed by atoms with van der Waals surface area (Å²) >= 11 is 14.6. The molecule has 0 atom stereocenters. The van der Waals surface area contributed by atoms with Gasteiger partial charge in [0.1, 0.15) is 0 Å². The molecule has 1 heterocycles. The van der Waals surface area contributed by atoms with Gasteiger partial charge in [-0.25, -0.2) is 4.99 Å². The van der Waals surface area contributed by atoms with E-state index in [0.717, 1.165) is 39.9 Å². The maximum absolute atomic E-state index is 6.49. The minimum Gasteiger partial charge on any atom is -0.303 e. The number of benzene rings is 2. The Labute approximate surface area is 201 Å². The summed E-state index contributed by atoms with van der Waals surface area (Å²) in [5.41, 5.74) is 3.61. The van der Waals surface area contributed by atoms with E-state index in [-0.39, 0.29) is 0 Å².